The fraction of sp³-hybridized carbons (Fsp3) is 0.667. The number of sulfonamides is 1. The number of likely N-dealkylation sites (tertiary alicyclic amines) is 1. The van der Waals surface area contributed by atoms with Crippen LogP contribution in [0.15, 0.2) is 23.1 Å². The highest BCUT2D eigenvalue weighted by molar-refractivity contribution is 7.89. The monoisotopic (exact) mass is 422 g/mol. The zero-order valence-electron chi connectivity index (χ0n) is 15.3. The van der Waals surface area contributed by atoms with Crippen LogP contribution in [0.4, 0.5) is 0 Å². The normalized spacial score (nSPS) is 23.1. The molecule has 8 heteroatoms. The van der Waals surface area contributed by atoms with Crippen LogP contribution in [0.1, 0.15) is 46.0 Å². The average Bonchev–Trinajstić information content (AvgIpc) is 2.62. The minimum absolute atomic E-state index is 0.00992. The van der Waals surface area contributed by atoms with E-state index in [0.29, 0.717) is 18.6 Å². The smallest absolute Gasteiger partial charge is 0.242 e. The molecule has 1 saturated heterocycles. The van der Waals surface area contributed by atoms with Crippen molar-refractivity contribution in [3.63, 3.8) is 0 Å². The number of β-amino-alcohol motifs (C(OH)–C–C–N with tert-alkyl or cyclic N) is 1. The molecule has 1 unspecified atom stereocenters. The Morgan fingerprint density at radius 1 is 1.23 bits per heavy atom. The van der Waals surface area contributed by atoms with Crippen molar-refractivity contribution in [1.82, 2.24) is 9.62 Å². The molecule has 1 heterocycles. The number of rotatable bonds is 8. The predicted octanol–water partition coefficient (Wildman–Crippen LogP) is 3.68. The van der Waals surface area contributed by atoms with Crippen molar-refractivity contribution in [2.24, 2.45) is 0 Å². The third kappa shape index (κ3) is 5.33. The average molecular weight is 423 g/mol. The Balaban J connectivity index is 2.00. The summed E-state index contributed by atoms with van der Waals surface area (Å²) in [6, 6.07) is 5.35. The van der Waals surface area contributed by atoms with E-state index in [1.54, 1.807) is 0 Å². The Morgan fingerprint density at radius 3 is 2.42 bits per heavy atom. The van der Waals surface area contributed by atoms with Crippen molar-refractivity contribution in [2.75, 3.05) is 13.1 Å². The van der Waals surface area contributed by atoms with Crippen molar-refractivity contribution in [1.29, 1.82) is 0 Å². The van der Waals surface area contributed by atoms with Crippen LogP contribution >= 0.6 is 23.2 Å². The number of piperidine rings is 1. The topological polar surface area (TPSA) is 69.6 Å². The lowest BCUT2D eigenvalue weighted by molar-refractivity contribution is 0.0279. The molecule has 1 aromatic carbocycles. The van der Waals surface area contributed by atoms with Gasteiger partial charge in [-0.3, -0.25) is 4.90 Å². The predicted molar refractivity (Wildman–Crippen MR) is 106 cm³/mol. The summed E-state index contributed by atoms with van der Waals surface area (Å²) in [4.78, 5) is 2.27. The molecule has 148 valence electrons. The summed E-state index contributed by atoms with van der Waals surface area (Å²) in [5, 5.41) is 10.6. The van der Waals surface area contributed by atoms with Gasteiger partial charge in [-0.05, 0) is 37.8 Å². The van der Waals surface area contributed by atoms with E-state index in [0.717, 1.165) is 25.7 Å². The Hall–Kier alpha value is -0.370. The van der Waals surface area contributed by atoms with Gasteiger partial charge in [0.1, 0.15) is 4.90 Å². The zero-order chi connectivity index (χ0) is 19.3. The van der Waals surface area contributed by atoms with E-state index in [2.05, 4.69) is 23.5 Å². The molecule has 0 amide bonds. The lowest BCUT2D eigenvalue weighted by Gasteiger charge is -2.42. The number of nitrogens with zero attached hydrogens (tertiary/aromatic N) is 1. The van der Waals surface area contributed by atoms with Crippen LogP contribution < -0.4 is 4.72 Å². The summed E-state index contributed by atoms with van der Waals surface area (Å²) in [7, 11) is -3.83. The molecule has 0 spiro atoms. The molecule has 2 N–H and O–H groups in total. The number of benzene rings is 1. The van der Waals surface area contributed by atoms with Gasteiger partial charge < -0.3 is 5.11 Å². The molecule has 0 aromatic heterocycles. The maximum Gasteiger partial charge on any atom is 0.242 e. The van der Waals surface area contributed by atoms with E-state index in [1.807, 2.05) is 0 Å². The summed E-state index contributed by atoms with van der Waals surface area (Å²) in [6.07, 6.45) is 4.75. The minimum Gasteiger partial charge on any atom is -0.390 e. The van der Waals surface area contributed by atoms with Crippen molar-refractivity contribution in [3.05, 3.63) is 28.2 Å². The molecule has 0 aliphatic carbocycles. The van der Waals surface area contributed by atoms with Crippen LogP contribution in [0, 0.1) is 0 Å². The third-order valence-electron chi connectivity index (χ3n) is 5.09. The largest absolute Gasteiger partial charge is 0.390 e. The van der Waals surface area contributed by atoms with Crippen LogP contribution in [-0.4, -0.2) is 49.7 Å². The summed E-state index contributed by atoms with van der Waals surface area (Å²) in [5.74, 6) is 0. The first-order chi connectivity index (χ1) is 12.3. The van der Waals surface area contributed by atoms with Crippen LogP contribution in [0.5, 0.6) is 0 Å². The second-order valence-corrected chi connectivity index (χ2v) is 9.33. The van der Waals surface area contributed by atoms with Gasteiger partial charge in [0.15, 0.2) is 0 Å². The maximum absolute atomic E-state index is 12.5. The van der Waals surface area contributed by atoms with Gasteiger partial charge in [0.25, 0.3) is 0 Å². The molecule has 1 fully saturated rings. The molecule has 1 aliphatic rings. The van der Waals surface area contributed by atoms with Crippen LogP contribution in [0.25, 0.3) is 0 Å². The van der Waals surface area contributed by atoms with E-state index in [4.69, 9.17) is 23.2 Å². The minimum atomic E-state index is -3.83. The summed E-state index contributed by atoms with van der Waals surface area (Å²) in [6.45, 7) is 4.72. The van der Waals surface area contributed by atoms with Crippen LogP contribution in [0.3, 0.4) is 0 Å². The van der Waals surface area contributed by atoms with Crippen LogP contribution in [-0.2, 0) is 10.0 Å². The van der Waals surface area contributed by atoms with E-state index in [1.165, 1.54) is 24.6 Å². The Kier molecular flexibility index (Phi) is 8.19. The zero-order valence-corrected chi connectivity index (χ0v) is 17.6. The summed E-state index contributed by atoms with van der Waals surface area (Å²) in [5.41, 5.74) is 0. The van der Waals surface area contributed by atoms with Gasteiger partial charge in [-0.15, -0.1) is 0 Å². The Morgan fingerprint density at radius 2 is 1.85 bits per heavy atom. The highest BCUT2D eigenvalue weighted by Crippen LogP contribution is 2.29. The number of hydrogen-bond donors (Lipinski definition) is 2. The second-order valence-electron chi connectivity index (χ2n) is 6.81. The Bertz CT molecular complexity index is 688. The molecule has 1 aromatic rings. The molecule has 5 nitrogen and oxygen atoms in total. The molecule has 2 rings (SSSR count). The molecule has 0 bridgehead atoms. The highest BCUT2D eigenvalue weighted by Gasteiger charge is 2.30. The first kappa shape index (κ1) is 21.9. The molecule has 0 saturated carbocycles. The van der Waals surface area contributed by atoms with Gasteiger partial charge in [0.05, 0.1) is 16.1 Å². The van der Waals surface area contributed by atoms with Crippen molar-refractivity contribution in [3.8, 4) is 0 Å². The number of aliphatic hydroxyl groups excluding tert-OH is 1. The molecule has 1 aliphatic heterocycles. The summed E-state index contributed by atoms with van der Waals surface area (Å²) >= 11 is 11.9. The number of hydrogen-bond acceptors (Lipinski definition) is 4. The molecular weight excluding hydrogens is 395 g/mol. The number of nitrogens with one attached hydrogen (secondary N) is 1. The lowest BCUT2D eigenvalue weighted by Crippen LogP contribution is -2.51. The standard InChI is InChI=1S/C18H28Cl2N2O3S/c1-3-13-7-5-8-14(4-2)22(13)12-15(23)11-21-26(24,25)17-10-6-9-16(19)18(17)20/h6,9-10,13-15,21,23H,3-5,7-8,11-12H2,1-2H3/t13-,14+,15?. The second kappa shape index (κ2) is 9.71. The third-order valence-corrected chi connectivity index (χ3v) is 7.49. The quantitative estimate of drug-likeness (QED) is 0.670. The SMILES string of the molecule is CC[C@@H]1CCC[C@H](CC)N1CC(O)CNS(=O)(=O)c1cccc(Cl)c1Cl. The first-order valence-corrected chi connectivity index (χ1v) is 11.4. The molecular formula is C18H28Cl2N2O3S. The van der Waals surface area contributed by atoms with E-state index >= 15 is 0 Å². The lowest BCUT2D eigenvalue weighted by atomic mass is 9.92. The van der Waals surface area contributed by atoms with E-state index < -0.39 is 16.1 Å². The van der Waals surface area contributed by atoms with Gasteiger partial charge >= 0.3 is 0 Å². The van der Waals surface area contributed by atoms with Gasteiger partial charge in [-0.25, -0.2) is 13.1 Å². The van der Waals surface area contributed by atoms with Crippen LogP contribution in [0.2, 0.25) is 10.0 Å². The van der Waals surface area contributed by atoms with Gasteiger partial charge in [0, 0.05) is 25.2 Å². The molecule has 3 atom stereocenters. The fourth-order valence-corrected chi connectivity index (χ4v) is 5.51. The van der Waals surface area contributed by atoms with Crippen molar-refractivity contribution < 1.29 is 13.5 Å². The number of aliphatic hydroxyl groups is 1. The maximum atomic E-state index is 12.5. The number of halogens is 2. The van der Waals surface area contributed by atoms with Gasteiger partial charge in [-0.2, -0.15) is 0 Å². The first-order valence-electron chi connectivity index (χ1n) is 9.17. The summed E-state index contributed by atoms with van der Waals surface area (Å²) < 4.78 is 27.4. The van der Waals surface area contributed by atoms with Gasteiger partial charge in [0.2, 0.25) is 10.0 Å². The fourth-order valence-electron chi connectivity index (χ4n) is 3.68. The Labute approximate surface area is 166 Å². The van der Waals surface area contributed by atoms with E-state index in [-0.39, 0.29) is 21.5 Å². The van der Waals surface area contributed by atoms with Gasteiger partial charge in [-0.1, -0.05) is 49.5 Å². The molecule has 26 heavy (non-hydrogen) atoms. The van der Waals surface area contributed by atoms with Crippen molar-refractivity contribution in [2.45, 2.75) is 69.0 Å². The molecule has 0 radical (unpaired) electrons. The van der Waals surface area contributed by atoms with Crippen molar-refractivity contribution >= 4 is 33.2 Å². The highest BCUT2D eigenvalue weighted by atomic mass is 35.5. The van der Waals surface area contributed by atoms with E-state index in [9.17, 15) is 13.5 Å².